The molecule has 0 saturated carbocycles. The largest absolute Gasteiger partial charge is 0.453 e. The first-order valence-electron chi connectivity index (χ1n) is 47.8. The number of anilines is 6. The Hall–Kier alpha value is -14.2. The Morgan fingerprint density at radius 1 is 0.262 bits per heavy atom. The number of aromatic nitrogens is 3. The SMILES string of the molecule is [2H]c1c([2H])c([2H])c2c(c1[2H])c1c([2H])c([2H])c([2H])c([2H])c1n2-c1cc2c3c(c1)N(c1cccc4c1sc1c(-c5ccc(-c6ccccc6)cc5)cccc14)c1cc(-n4c5ccc(C(C)(C)C)cc5c5cc(C(C)(C)C)ccc54)ccc1B3c1ccc(-n3c4ccc(C(C)(C)C)cc4c4cc(C(C)(C)C)ccc43)cc1N2c1cccc2c1oc1c(-c3cccc(-c4ccccc4)c3)cccc12. The van der Waals surface area contributed by atoms with Gasteiger partial charge in [0.15, 0.2) is 5.58 Å². The van der Waals surface area contributed by atoms with Crippen LogP contribution in [0.3, 0.4) is 0 Å². The van der Waals surface area contributed by atoms with Crippen LogP contribution in [0.15, 0.2) is 356 Å². The predicted molar refractivity (Wildman–Crippen MR) is 540 cm³/mol. The number of rotatable bonds is 9. The molecule has 0 saturated heterocycles. The number of hydrogen-bond acceptors (Lipinski definition) is 4. The second-order valence-electron chi connectivity index (χ2n) is 38.6. The molecule has 8 heteroatoms. The van der Waals surface area contributed by atoms with Gasteiger partial charge in [-0.3, -0.25) is 0 Å². The van der Waals surface area contributed by atoms with E-state index in [-0.39, 0.29) is 43.5 Å². The fourth-order valence-electron chi connectivity index (χ4n) is 20.4. The first kappa shape index (κ1) is 67.3. The van der Waals surface area contributed by atoms with Crippen LogP contribution in [0.4, 0.5) is 34.1 Å². The minimum absolute atomic E-state index is 0.00202. The minimum atomic E-state index is -0.573. The standard InChI is InChI=1S/C118H94BN5OS/c1-115(2,3)77-50-58-100-92(63-77)93-64-78(116(4,5)6)51-59-101(93)120(100)81-54-56-96-106(67-81)123(104-44-26-39-89-88-38-24-36-84(111(88)125-112(89)104)76-33-23-32-75(62-76)72-30-17-14-18-31-72)108-69-83(122-98-42-21-19-34-86(98)87-35-20-22-43-99(87)122)70-109-110(108)119(96)97-57-55-82(121-102-60-52-79(117(7,8)9)65-94(102)95-66-80(118(10,11)12)53-61-103(95)121)68-107(97)124(109)105-45-27-41-91-90-40-25-37-85(113(90)126-114(91)105)74-48-46-73(47-49-74)71-28-15-13-16-29-71/h13-70H,1-12H3/i19D,20D,21D,22D,34D,35D,42D,43D. The van der Waals surface area contributed by atoms with E-state index in [1.165, 1.54) is 22.3 Å². The number of nitrogens with zero attached hydrogens (tertiary/aromatic N) is 5. The van der Waals surface area contributed by atoms with Gasteiger partial charge in [-0.1, -0.05) is 320 Å². The summed E-state index contributed by atoms with van der Waals surface area (Å²) < 4.78 is 95.4. The van der Waals surface area contributed by atoms with Crippen LogP contribution in [0.25, 0.3) is 169 Å². The molecule has 22 aromatic rings. The van der Waals surface area contributed by atoms with Crippen molar-refractivity contribution in [3.05, 3.63) is 374 Å². The monoisotopic (exact) mass is 1650 g/mol. The maximum Gasteiger partial charge on any atom is 0.252 e. The first-order chi connectivity index (χ1) is 64.3. The lowest BCUT2D eigenvalue weighted by Crippen LogP contribution is -2.61. The summed E-state index contributed by atoms with van der Waals surface area (Å²) in [6.45, 7) is 26.7. The molecule has 6 nitrogen and oxygen atoms in total. The summed E-state index contributed by atoms with van der Waals surface area (Å²) >= 11 is 1.76. The second kappa shape index (κ2) is 27.7. The van der Waals surface area contributed by atoms with Crippen molar-refractivity contribution in [2.24, 2.45) is 0 Å². The van der Waals surface area contributed by atoms with E-state index in [1.54, 1.807) is 15.9 Å². The van der Waals surface area contributed by atoms with Crippen molar-refractivity contribution in [1.82, 2.24) is 13.7 Å². The zero-order chi connectivity index (χ0) is 92.3. The highest BCUT2D eigenvalue weighted by molar-refractivity contribution is 7.27. The third-order valence-electron chi connectivity index (χ3n) is 26.9. The normalized spacial score (nSPS) is 14.1. The third kappa shape index (κ3) is 11.7. The Morgan fingerprint density at radius 2 is 0.651 bits per heavy atom. The van der Waals surface area contributed by atoms with Crippen molar-refractivity contribution in [3.8, 4) is 61.6 Å². The second-order valence-corrected chi connectivity index (χ2v) is 39.7. The number of hydrogen-bond donors (Lipinski definition) is 0. The molecule has 0 unspecified atom stereocenters. The summed E-state index contributed by atoms with van der Waals surface area (Å²) in [6.07, 6.45) is 0. The fraction of sp³-hybridized carbons (Fsp3) is 0.136. The molecule has 5 aromatic heterocycles. The van der Waals surface area contributed by atoms with E-state index in [2.05, 4.69) is 393 Å². The lowest BCUT2D eigenvalue weighted by molar-refractivity contribution is 0.590. The summed E-state index contributed by atoms with van der Waals surface area (Å²) in [5.41, 5.74) is 28.0. The molecule has 24 rings (SSSR count). The lowest BCUT2D eigenvalue weighted by Gasteiger charge is -2.44. The van der Waals surface area contributed by atoms with E-state index in [0.29, 0.717) is 28.2 Å². The number of benzene rings is 17. The van der Waals surface area contributed by atoms with Crippen LogP contribution in [-0.4, -0.2) is 20.4 Å². The molecule has 7 heterocycles. The van der Waals surface area contributed by atoms with Crippen LogP contribution < -0.4 is 26.2 Å². The third-order valence-corrected chi connectivity index (χ3v) is 28.2. The highest BCUT2D eigenvalue weighted by atomic mass is 32.1. The molecule has 0 bridgehead atoms. The van der Waals surface area contributed by atoms with Gasteiger partial charge in [0.25, 0.3) is 6.71 Å². The molecule has 2 aliphatic heterocycles. The molecule has 0 atom stereocenters. The number of thiophene rings is 1. The Bertz CT molecular complexity index is 8430. The van der Waals surface area contributed by atoms with Gasteiger partial charge in [0.2, 0.25) is 0 Å². The minimum Gasteiger partial charge on any atom is -0.453 e. The van der Waals surface area contributed by atoms with Crippen molar-refractivity contribution in [2.75, 3.05) is 9.80 Å². The fourth-order valence-corrected chi connectivity index (χ4v) is 21.8. The average molecular weight is 1650 g/mol. The molecule has 0 spiro atoms. The van der Waals surface area contributed by atoms with E-state index >= 15 is 0 Å². The number of fused-ring (bicyclic) bond motifs is 19. The van der Waals surface area contributed by atoms with E-state index in [1.807, 2.05) is 12.1 Å². The molecule has 0 fully saturated rings. The van der Waals surface area contributed by atoms with E-state index in [4.69, 9.17) is 4.42 Å². The summed E-state index contributed by atoms with van der Waals surface area (Å²) in [6, 6.07) is 107. The van der Waals surface area contributed by atoms with Crippen molar-refractivity contribution in [1.29, 1.82) is 0 Å². The molecule has 0 amide bonds. The van der Waals surface area contributed by atoms with Crippen LogP contribution >= 0.6 is 11.3 Å². The predicted octanol–water partition coefficient (Wildman–Crippen LogP) is 31.2. The van der Waals surface area contributed by atoms with E-state index in [0.717, 1.165) is 170 Å². The quantitative estimate of drug-likeness (QED) is 0.135. The molecular formula is C118H94BN5OS. The highest BCUT2D eigenvalue weighted by Gasteiger charge is 2.46. The molecular weight excluding hydrogens is 1550 g/mol. The molecule has 126 heavy (non-hydrogen) atoms. The van der Waals surface area contributed by atoms with E-state index in [9.17, 15) is 11.0 Å². The summed E-state index contributed by atoms with van der Waals surface area (Å²) in [4.78, 5) is 4.80. The Balaban J connectivity index is 0.862. The van der Waals surface area contributed by atoms with Crippen LogP contribution in [0, 0.1) is 0 Å². The van der Waals surface area contributed by atoms with Gasteiger partial charge in [0, 0.05) is 98.2 Å². The first-order valence-corrected chi connectivity index (χ1v) is 44.6. The van der Waals surface area contributed by atoms with E-state index < -0.39 is 55.1 Å². The van der Waals surface area contributed by atoms with Gasteiger partial charge in [-0.15, -0.1) is 11.3 Å². The molecule has 17 aromatic carbocycles. The van der Waals surface area contributed by atoms with Gasteiger partial charge in [-0.05, 0) is 214 Å². The maximum absolute atomic E-state index is 10.3. The van der Waals surface area contributed by atoms with Crippen molar-refractivity contribution in [3.63, 3.8) is 0 Å². The van der Waals surface area contributed by atoms with Gasteiger partial charge in [0.05, 0.1) is 65.8 Å². The van der Waals surface area contributed by atoms with Gasteiger partial charge in [-0.2, -0.15) is 0 Å². The summed E-state index contributed by atoms with van der Waals surface area (Å²) in [5.74, 6) is 0. The topological polar surface area (TPSA) is 34.4 Å². The van der Waals surface area contributed by atoms with Crippen LogP contribution in [-0.2, 0) is 21.7 Å². The Labute approximate surface area is 750 Å². The summed E-state index contributed by atoms with van der Waals surface area (Å²) in [7, 11) is 0. The lowest BCUT2D eigenvalue weighted by atomic mass is 9.33. The van der Waals surface area contributed by atoms with Crippen LogP contribution in [0.1, 0.15) is 116 Å². The zero-order valence-corrected chi connectivity index (χ0v) is 73.3. The van der Waals surface area contributed by atoms with Gasteiger partial charge in [0.1, 0.15) is 5.58 Å². The number of furan rings is 1. The Kier molecular flexibility index (Phi) is 14.8. The average Bonchev–Trinajstić information content (AvgIpc) is 0.988. The smallest absolute Gasteiger partial charge is 0.252 e. The molecule has 606 valence electrons. The van der Waals surface area contributed by atoms with Crippen molar-refractivity contribution >= 4 is 176 Å². The zero-order valence-electron chi connectivity index (χ0n) is 80.5. The molecule has 0 aliphatic carbocycles. The molecule has 0 radical (unpaired) electrons. The summed E-state index contributed by atoms with van der Waals surface area (Å²) in [5, 5.41) is 8.45. The van der Waals surface area contributed by atoms with Crippen LogP contribution in [0.2, 0.25) is 0 Å². The van der Waals surface area contributed by atoms with Gasteiger partial charge in [-0.25, -0.2) is 0 Å². The van der Waals surface area contributed by atoms with Crippen LogP contribution in [0.5, 0.6) is 0 Å². The van der Waals surface area contributed by atoms with Crippen molar-refractivity contribution in [2.45, 2.75) is 105 Å². The molecule has 2 aliphatic rings. The van der Waals surface area contributed by atoms with Gasteiger partial charge < -0.3 is 27.9 Å². The van der Waals surface area contributed by atoms with Gasteiger partial charge >= 0.3 is 0 Å². The Morgan fingerprint density at radius 3 is 1.16 bits per heavy atom. The number of para-hydroxylation sites is 4. The maximum atomic E-state index is 10.3. The highest BCUT2D eigenvalue weighted by Crippen LogP contribution is 2.55. The molecule has 0 N–H and O–H groups in total. The van der Waals surface area contributed by atoms with Crippen molar-refractivity contribution < 1.29 is 15.4 Å².